The van der Waals surface area contributed by atoms with E-state index < -0.39 is 0 Å². The van der Waals surface area contributed by atoms with E-state index in [0.717, 1.165) is 12.2 Å². The molecule has 2 rings (SSSR count). The number of carbonyl (C=O) groups excluding carboxylic acids is 1. The molecule has 1 heterocycles. The molecule has 1 saturated heterocycles. The number of esters is 1. The Labute approximate surface area is 119 Å². The van der Waals surface area contributed by atoms with Crippen LogP contribution in [0.1, 0.15) is 6.42 Å². The van der Waals surface area contributed by atoms with Crippen molar-refractivity contribution in [2.75, 3.05) is 33.4 Å². The van der Waals surface area contributed by atoms with E-state index in [4.69, 9.17) is 14.2 Å². The number of carbonyl (C=O) groups is 1. The summed E-state index contributed by atoms with van der Waals surface area (Å²) in [7, 11) is 1.41. The summed E-state index contributed by atoms with van der Waals surface area (Å²) in [5.41, 5.74) is 0. The highest BCUT2D eigenvalue weighted by atomic mass is 16.5. The molecule has 110 valence electrons. The van der Waals surface area contributed by atoms with Crippen LogP contribution in [0.25, 0.3) is 0 Å². The average molecular weight is 279 g/mol. The number of benzene rings is 1. The molecule has 2 atom stereocenters. The van der Waals surface area contributed by atoms with Crippen LogP contribution < -0.4 is 10.1 Å². The summed E-state index contributed by atoms with van der Waals surface area (Å²) in [4.78, 5) is 11.5. The first-order chi connectivity index (χ1) is 9.81. The fourth-order valence-corrected chi connectivity index (χ4v) is 2.22. The highest BCUT2D eigenvalue weighted by molar-refractivity contribution is 5.73. The van der Waals surface area contributed by atoms with Gasteiger partial charge in [-0.2, -0.15) is 0 Å². The van der Waals surface area contributed by atoms with Gasteiger partial charge in [-0.15, -0.1) is 0 Å². The smallest absolute Gasteiger partial charge is 0.312 e. The van der Waals surface area contributed by atoms with E-state index in [-0.39, 0.29) is 18.0 Å². The molecule has 5 heteroatoms. The van der Waals surface area contributed by atoms with Gasteiger partial charge in [0.15, 0.2) is 0 Å². The Balaban J connectivity index is 1.62. The van der Waals surface area contributed by atoms with Gasteiger partial charge in [0.1, 0.15) is 5.75 Å². The molecule has 1 aliphatic rings. The van der Waals surface area contributed by atoms with Gasteiger partial charge < -0.3 is 19.5 Å². The Morgan fingerprint density at radius 1 is 1.25 bits per heavy atom. The van der Waals surface area contributed by atoms with Crippen LogP contribution in [-0.4, -0.2) is 45.5 Å². The second-order valence-electron chi connectivity index (χ2n) is 4.71. The number of hydrogen-bond acceptors (Lipinski definition) is 5. The number of hydrogen-bond donors (Lipinski definition) is 1. The Bertz CT molecular complexity index is 410. The molecule has 1 aliphatic heterocycles. The molecule has 0 bridgehead atoms. The molecule has 0 amide bonds. The third kappa shape index (κ3) is 4.21. The van der Waals surface area contributed by atoms with Crippen LogP contribution in [0, 0.1) is 5.92 Å². The summed E-state index contributed by atoms with van der Waals surface area (Å²) in [6, 6.07) is 9.69. The van der Waals surface area contributed by atoms with Gasteiger partial charge in [-0.1, -0.05) is 18.2 Å². The molecule has 0 aliphatic carbocycles. The minimum Gasteiger partial charge on any atom is -0.494 e. The Morgan fingerprint density at radius 2 is 2.05 bits per heavy atom. The molecule has 1 fully saturated rings. The molecule has 2 unspecified atom stereocenters. The van der Waals surface area contributed by atoms with Gasteiger partial charge in [-0.05, 0) is 12.1 Å². The number of para-hydroxylation sites is 1. The van der Waals surface area contributed by atoms with E-state index in [2.05, 4.69) is 5.32 Å². The maximum atomic E-state index is 11.5. The third-order valence-electron chi connectivity index (χ3n) is 3.30. The summed E-state index contributed by atoms with van der Waals surface area (Å²) in [5.74, 6) is 0.457. The minimum absolute atomic E-state index is 0.0980. The monoisotopic (exact) mass is 279 g/mol. The van der Waals surface area contributed by atoms with Gasteiger partial charge in [-0.25, -0.2) is 0 Å². The lowest BCUT2D eigenvalue weighted by molar-refractivity contribution is -0.148. The zero-order valence-corrected chi connectivity index (χ0v) is 11.7. The molecule has 0 aromatic heterocycles. The van der Waals surface area contributed by atoms with Crippen molar-refractivity contribution in [2.45, 2.75) is 12.5 Å². The van der Waals surface area contributed by atoms with Crippen molar-refractivity contribution < 1.29 is 19.0 Å². The van der Waals surface area contributed by atoms with Crippen LogP contribution >= 0.6 is 0 Å². The van der Waals surface area contributed by atoms with E-state index >= 15 is 0 Å². The van der Waals surface area contributed by atoms with Gasteiger partial charge in [0.05, 0.1) is 32.3 Å². The van der Waals surface area contributed by atoms with Crippen LogP contribution in [-0.2, 0) is 14.3 Å². The van der Waals surface area contributed by atoms with Crippen molar-refractivity contribution in [3.05, 3.63) is 30.3 Å². The van der Waals surface area contributed by atoms with Crippen LogP contribution in [0.3, 0.4) is 0 Å². The van der Waals surface area contributed by atoms with Crippen LogP contribution in [0.4, 0.5) is 0 Å². The average Bonchev–Trinajstić information content (AvgIpc) is 2.95. The highest BCUT2D eigenvalue weighted by Gasteiger charge is 2.34. The number of ether oxygens (including phenoxy) is 3. The summed E-state index contributed by atoms with van der Waals surface area (Å²) in [6.07, 6.45) is 0.693. The van der Waals surface area contributed by atoms with Gasteiger partial charge in [0.2, 0.25) is 0 Å². The molecule has 5 nitrogen and oxygen atoms in total. The number of rotatable bonds is 7. The van der Waals surface area contributed by atoms with Crippen LogP contribution in [0.5, 0.6) is 5.75 Å². The number of methoxy groups -OCH3 is 1. The molecule has 0 spiro atoms. The standard InChI is InChI=1S/C15H21NO4/c1-18-15(17)13-10-16-11-14(13)20-9-5-8-19-12-6-3-2-4-7-12/h2-4,6-7,13-14,16H,5,8-11H2,1H3. The quantitative estimate of drug-likeness (QED) is 0.601. The lowest BCUT2D eigenvalue weighted by Crippen LogP contribution is -2.30. The normalized spacial score (nSPS) is 21.6. The van der Waals surface area contributed by atoms with Crippen LogP contribution in [0.2, 0.25) is 0 Å². The molecule has 1 aromatic rings. The van der Waals surface area contributed by atoms with Gasteiger partial charge in [-0.3, -0.25) is 4.79 Å². The van der Waals surface area contributed by atoms with Crippen molar-refractivity contribution in [1.29, 1.82) is 0 Å². The molecule has 20 heavy (non-hydrogen) atoms. The van der Waals surface area contributed by atoms with Gasteiger partial charge >= 0.3 is 5.97 Å². The van der Waals surface area contributed by atoms with Crippen molar-refractivity contribution in [3.63, 3.8) is 0 Å². The maximum Gasteiger partial charge on any atom is 0.312 e. The minimum atomic E-state index is -0.208. The second-order valence-corrected chi connectivity index (χ2v) is 4.71. The van der Waals surface area contributed by atoms with E-state index in [9.17, 15) is 4.79 Å². The fourth-order valence-electron chi connectivity index (χ4n) is 2.22. The topological polar surface area (TPSA) is 56.8 Å². The van der Waals surface area contributed by atoms with E-state index in [1.54, 1.807) is 0 Å². The SMILES string of the molecule is COC(=O)C1CNCC1OCCCOc1ccccc1. The third-order valence-corrected chi connectivity index (χ3v) is 3.30. The lowest BCUT2D eigenvalue weighted by atomic mass is 10.1. The van der Waals surface area contributed by atoms with Gasteiger partial charge in [0.25, 0.3) is 0 Å². The van der Waals surface area contributed by atoms with Crippen LogP contribution in [0.15, 0.2) is 30.3 Å². The Morgan fingerprint density at radius 3 is 2.80 bits per heavy atom. The maximum absolute atomic E-state index is 11.5. The molecule has 0 saturated carbocycles. The molecular weight excluding hydrogens is 258 g/mol. The molecule has 1 N–H and O–H groups in total. The van der Waals surface area contributed by atoms with Gasteiger partial charge in [0, 0.05) is 19.5 Å². The van der Waals surface area contributed by atoms with E-state index in [1.165, 1.54) is 7.11 Å². The fraction of sp³-hybridized carbons (Fsp3) is 0.533. The van der Waals surface area contributed by atoms with Crippen molar-refractivity contribution in [1.82, 2.24) is 5.32 Å². The zero-order chi connectivity index (χ0) is 14.2. The first-order valence-corrected chi connectivity index (χ1v) is 6.89. The Hall–Kier alpha value is -1.59. The zero-order valence-electron chi connectivity index (χ0n) is 11.7. The summed E-state index contributed by atoms with van der Waals surface area (Å²) in [6.45, 7) is 2.50. The molecule has 0 radical (unpaired) electrons. The number of nitrogens with one attached hydrogen (secondary N) is 1. The van der Waals surface area contributed by atoms with Crippen molar-refractivity contribution >= 4 is 5.97 Å². The first-order valence-electron chi connectivity index (χ1n) is 6.89. The Kier molecular flexibility index (Phi) is 5.83. The van der Waals surface area contributed by atoms with Crippen molar-refractivity contribution in [3.8, 4) is 5.75 Å². The first kappa shape index (κ1) is 14.8. The largest absolute Gasteiger partial charge is 0.494 e. The van der Waals surface area contributed by atoms with E-state index in [1.807, 2.05) is 30.3 Å². The molecule has 1 aromatic carbocycles. The summed E-state index contributed by atoms with van der Waals surface area (Å²) >= 11 is 0. The lowest BCUT2D eigenvalue weighted by Gasteiger charge is -2.17. The van der Waals surface area contributed by atoms with E-state index in [0.29, 0.717) is 26.3 Å². The van der Waals surface area contributed by atoms with Crippen molar-refractivity contribution in [2.24, 2.45) is 5.92 Å². The summed E-state index contributed by atoms with van der Waals surface area (Å²) in [5, 5.41) is 3.15. The summed E-state index contributed by atoms with van der Waals surface area (Å²) < 4.78 is 16.1. The highest BCUT2D eigenvalue weighted by Crippen LogP contribution is 2.15. The molecular formula is C15H21NO4. The predicted octanol–water partition coefficient (Wildman–Crippen LogP) is 1.23. The second kappa shape index (κ2) is 7.87. The predicted molar refractivity (Wildman–Crippen MR) is 74.7 cm³/mol.